The van der Waals surface area contributed by atoms with Crippen LogP contribution in [0.4, 0.5) is 5.69 Å². The van der Waals surface area contributed by atoms with E-state index in [0.717, 1.165) is 29.1 Å². The summed E-state index contributed by atoms with van der Waals surface area (Å²) in [7, 11) is 0. The summed E-state index contributed by atoms with van der Waals surface area (Å²) < 4.78 is 2.30. The molecule has 3 aromatic carbocycles. The van der Waals surface area contributed by atoms with Gasteiger partial charge in [0.15, 0.2) is 0 Å². The maximum absolute atomic E-state index is 13.0. The third-order valence-electron chi connectivity index (χ3n) is 6.12. The Bertz CT molecular complexity index is 1270. The maximum Gasteiger partial charge on any atom is 0.227 e. The number of para-hydroxylation sites is 2. The van der Waals surface area contributed by atoms with Crippen LogP contribution in [0.25, 0.3) is 11.0 Å². The minimum Gasteiger partial charge on any atom is -0.323 e. The van der Waals surface area contributed by atoms with Gasteiger partial charge in [0, 0.05) is 31.1 Å². The number of aryl methyl sites for hydroxylation is 3. The number of benzene rings is 3. The summed E-state index contributed by atoms with van der Waals surface area (Å²) in [4.78, 5) is 19.9. The van der Waals surface area contributed by atoms with Gasteiger partial charge in [0.1, 0.15) is 5.82 Å². The zero-order valence-electron chi connectivity index (χ0n) is 18.3. The number of hydrogen-bond acceptors (Lipinski definition) is 2. The Balaban J connectivity index is 1.53. The SMILES string of the molecule is Cc1cccc(Cn2c([C@@H]3CC(=O)N(c4cc(C)cc(C)c4)C3)nc3ccccc32)c1. The predicted octanol–water partition coefficient (Wildman–Crippen LogP) is 5.53. The van der Waals surface area contributed by atoms with Crippen molar-refractivity contribution in [2.75, 3.05) is 11.4 Å². The van der Waals surface area contributed by atoms with Gasteiger partial charge in [-0.25, -0.2) is 4.98 Å². The number of fused-ring (bicyclic) bond motifs is 1. The molecule has 1 atom stereocenters. The number of carbonyl (C=O) groups is 1. The average molecular weight is 410 g/mol. The van der Waals surface area contributed by atoms with Crippen LogP contribution in [0.3, 0.4) is 0 Å². The molecule has 1 aliphatic heterocycles. The summed E-state index contributed by atoms with van der Waals surface area (Å²) in [6.45, 7) is 7.70. The summed E-state index contributed by atoms with van der Waals surface area (Å²) in [5, 5.41) is 0. The molecule has 0 unspecified atom stereocenters. The molecule has 0 spiro atoms. The molecule has 0 saturated carbocycles. The Labute approximate surface area is 183 Å². The van der Waals surface area contributed by atoms with Gasteiger partial charge >= 0.3 is 0 Å². The van der Waals surface area contributed by atoms with E-state index in [1.807, 2.05) is 11.0 Å². The van der Waals surface area contributed by atoms with Gasteiger partial charge in [0.05, 0.1) is 11.0 Å². The summed E-state index contributed by atoms with van der Waals surface area (Å²) in [5.74, 6) is 1.25. The van der Waals surface area contributed by atoms with Gasteiger partial charge in [-0.2, -0.15) is 0 Å². The van der Waals surface area contributed by atoms with Gasteiger partial charge in [0.2, 0.25) is 5.91 Å². The Hall–Kier alpha value is -3.40. The molecule has 0 bridgehead atoms. The van der Waals surface area contributed by atoms with E-state index in [-0.39, 0.29) is 11.8 Å². The second kappa shape index (κ2) is 7.69. The van der Waals surface area contributed by atoms with Gasteiger partial charge < -0.3 is 9.47 Å². The Morgan fingerprint density at radius 2 is 1.68 bits per heavy atom. The molecule has 1 amide bonds. The lowest BCUT2D eigenvalue weighted by molar-refractivity contribution is -0.117. The minimum atomic E-state index is 0.0746. The number of amides is 1. The largest absolute Gasteiger partial charge is 0.323 e. The molecule has 31 heavy (non-hydrogen) atoms. The molecule has 4 aromatic rings. The van der Waals surface area contributed by atoms with E-state index in [2.05, 4.69) is 86.0 Å². The fourth-order valence-electron chi connectivity index (χ4n) is 4.80. The highest BCUT2D eigenvalue weighted by atomic mass is 16.2. The number of anilines is 1. The monoisotopic (exact) mass is 409 g/mol. The van der Waals surface area contributed by atoms with E-state index in [1.54, 1.807) is 0 Å². The first kappa shape index (κ1) is 19.6. The topological polar surface area (TPSA) is 38.1 Å². The zero-order chi connectivity index (χ0) is 21.5. The lowest BCUT2D eigenvalue weighted by Crippen LogP contribution is -2.24. The van der Waals surface area contributed by atoms with Crippen LogP contribution in [0, 0.1) is 20.8 Å². The normalized spacial score (nSPS) is 16.4. The lowest BCUT2D eigenvalue weighted by Gasteiger charge is -2.19. The number of imidazole rings is 1. The van der Waals surface area contributed by atoms with Gasteiger partial charge in [-0.3, -0.25) is 4.79 Å². The molecule has 156 valence electrons. The number of hydrogen-bond donors (Lipinski definition) is 0. The summed E-state index contributed by atoms with van der Waals surface area (Å²) in [6, 6.07) is 23.2. The molecular formula is C27H27N3O. The fourth-order valence-corrected chi connectivity index (χ4v) is 4.80. The molecule has 2 heterocycles. The van der Waals surface area contributed by atoms with Crippen molar-refractivity contribution in [1.82, 2.24) is 9.55 Å². The highest BCUT2D eigenvalue weighted by molar-refractivity contribution is 5.96. The van der Waals surface area contributed by atoms with E-state index in [9.17, 15) is 4.79 Å². The van der Waals surface area contributed by atoms with Crippen molar-refractivity contribution in [2.24, 2.45) is 0 Å². The Morgan fingerprint density at radius 1 is 0.903 bits per heavy atom. The molecule has 1 aliphatic rings. The molecule has 1 fully saturated rings. The summed E-state index contributed by atoms with van der Waals surface area (Å²) in [5.41, 5.74) is 7.96. The lowest BCUT2D eigenvalue weighted by atomic mass is 10.1. The first-order valence-corrected chi connectivity index (χ1v) is 10.9. The quantitative estimate of drug-likeness (QED) is 0.444. The molecule has 4 nitrogen and oxygen atoms in total. The van der Waals surface area contributed by atoms with Crippen molar-refractivity contribution in [3.05, 3.63) is 94.8 Å². The Kier molecular flexibility index (Phi) is 4.85. The van der Waals surface area contributed by atoms with Crippen LogP contribution in [0.5, 0.6) is 0 Å². The molecular weight excluding hydrogens is 382 g/mol. The van der Waals surface area contributed by atoms with E-state index >= 15 is 0 Å². The van der Waals surface area contributed by atoms with Gasteiger partial charge in [-0.15, -0.1) is 0 Å². The van der Waals surface area contributed by atoms with Crippen LogP contribution >= 0.6 is 0 Å². The summed E-state index contributed by atoms with van der Waals surface area (Å²) >= 11 is 0. The van der Waals surface area contributed by atoms with Crippen LogP contribution in [0.15, 0.2) is 66.7 Å². The second-order valence-electron chi connectivity index (χ2n) is 8.79. The van der Waals surface area contributed by atoms with Crippen LogP contribution in [0.1, 0.15) is 40.4 Å². The number of carbonyl (C=O) groups excluding carboxylic acids is 1. The van der Waals surface area contributed by atoms with Crippen molar-refractivity contribution in [3.8, 4) is 0 Å². The highest BCUT2D eigenvalue weighted by Gasteiger charge is 2.35. The van der Waals surface area contributed by atoms with Crippen molar-refractivity contribution in [1.29, 1.82) is 0 Å². The predicted molar refractivity (Wildman–Crippen MR) is 126 cm³/mol. The van der Waals surface area contributed by atoms with Crippen LogP contribution in [0.2, 0.25) is 0 Å². The molecule has 1 saturated heterocycles. The Morgan fingerprint density at radius 3 is 2.45 bits per heavy atom. The first-order valence-electron chi connectivity index (χ1n) is 10.9. The maximum atomic E-state index is 13.0. The van der Waals surface area contributed by atoms with E-state index in [1.165, 1.54) is 22.3 Å². The first-order chi connectivity index (χ1) is 15.0. The molecule has 0 radical (unpaired) electrons. The fraction of sp³-hybridized carbons (Fsp3) is 0.259. The average Bonchev–Trinajstić information content (AvgIpc) is 3.28. The van der Waals surface area contributed by atoms with Crippen molar-refractivity contribution in [2.45, 2.75) is 39.7 Å². The molecule has 5 rings (SSSR count). The van der Waals surface area contributed by atoms with Crippen LogP contribution in [-0.2, 0) is 11.3 Å². The van der Waals surface area contributed by atoms with Gasteiger partial charge in [-0.1, -0.05) is 48.0 Å². The number of nitrogens with zero attached hydrogens (tertiary/aromatic N) is 3. The third kappa shape index (κ3) is 3.74. The summed E-state index contributed by atoms with van der Waals surface area (Å²) in [6.07, 6.45) is 0.490. The van der Waals surface area contributed by atoms with E-state index in [4.69, 9.17) is 4.98 Å². The standard InChI is InChI=1S/C27H27N3O/c1-18-7-6-8-21(12-18)16-30-25-10-5-4-9-24(25)28-27(30)22-15-26(31)29(17-22)23-13-19(2)11-20(3)14-23/h4-14,22H,15-17H2,1-3H3/t22-/m1/s1. The van der Waals surface area contributed by atoms with E-state index < -0.39 is 0 Å². The third-order valence-corrected chi connectivity index (χ3v) is 6.12. The van der Waals surface area contributed by atoms with Gasteiger partial charge in [-0.05, 0) is 61.7 Å². The van der Waals surface area contributed by atoms with Crippen molar-refractivity contribution < 1.29 is 4.79 Å². The van der Waals surface area contributed by atoms with Crippen LogP contribution in [-0.4, -0.2) is 22.0 Å². The minimum absolute atomic E-state index is 0.0746. The molecule has 1 aromatic heterocycles. The van der Waals surface area contributed by atoms with Gasteiger partial charge in [0.25, 0.3) is 0 Å². The molecule has 0 N–H and O–H groups in total. The second-order valence-corrected chi connectivity index (χ2v) is 8.79. The van der Waals surface area contributed by atoms with Crippen molar-refractivity contribution in [3.63, 3.8) is 0 Å². The van der Waals surface area contributed by atoms with E-state index in [0.29, 0.717) is 13.0 Å². The van der Waals surface area contributed by atoms with Crippen molar-refractivity contribution >= 4 is 22.6 Å². The zero-order valence-corrected chi connectivity index (χ0v) is 18.3. The number of rotatable bonds is 4. The van der Waals surface area contributed by atoms with Crippen LogP contribution < -0.4 is 4.90 Å². The number of aromatic nitrogens is 2. The molecule has 0 aliphatic carbocycles. The smallest absolute Gasteiger partial charge is 0.227 e. The molecule has 4 heteroatoms. The highest BCUT2D eigenvalue weighted by Crippen LogP contribution is 2.34.